The van der Waals surface area contributed by atoms with Gasteiger partial charge in [-0.25, -0.2) is 0 Å². The maximum absolute atomic E-state index is 9.00. The molecule has 1 aromatic rings. The molecule has 0 amide bonds. The van der Waals surface area contributed by atoms with Gasteiger partial charge in [0.1, 0.15) is 0 Å². The molecular weight excluding hydrogens is 277 g/mol. The summed E-state index contributed by atoms with van der Waals surface area (Å²) in [5.74, 6) is -0.833. The fourth-order valence-electron chi connectivity index (χ4n) is 0.587. The van der Waals surface area contributed by atoms with Gasteiger partial charge in [0.05, 0.1) is 0 Å². The third-order valence-corrected chi connectivity index (χ3v) is 1.84. The van der Waals surface area contributed by atoms with Crippen molar-refractivity contribution in [3.63, 3.8) is 0 Å². The van der Waals surface area contributed by atoms with Crippen LogP contribution in [0, 0.1) is 6.92 Å². The second-order valence-corrected chi connectivity index (χ2v) is 3.00. The monoisotopic (exact) mass is 290 g/mol. The smallest absolute Gasteiger partial charge is 0.300 e. The van der Waals surface area contributed by atoms with Crippen molar-refractivity contribution in [2.24, 2.45) is 0 Å². The Balaban J connectivity index is 0. The van der Waals surface area contributed by atoms with Crippen molar-refractivity contribution in [3.8, 4) is 0 Å². The zero-order valence-corrected chi connectivity index (χ0v) is 10.3. The molecular formula is C9H13O2PPd. The van der Waals surface area contributed by atoms with Gasteiger partial charge in [0.2, 0.25) is 0 Å². The number of rotatable bonds is 0. The molecule has 0 aliphatic carbocycles. The van der Waals surface area contributed by atoms with E-state index in [1.807, 2.05) is 12.1 Å². The molecule has 0 saturated carbocycles. The minimum atomic E-state index is -0.833. The van der Waals surface area contributed by atoms with Crippen molar-refractivity contribution in [3.05, 3.63) is 29.8 Å². The Morgan fingerprint density at radius 2 is 1.77 bits per heavy atom. The fourth-order valence-corrected chi connectivity index (χ4v) is 0.794. The number of hydrogen-bond acceptors (Lipinski definition) is 1. The van der Waals surface area contributed by atoms with E-state index in [1.54, 1.807) is 0 Å². The molecule has 0 fully saturated rings. The molecule has 0 spiro atoms. The number of aryl methyl sites for hydroxylation is 1. The topological polar surface area (TPSA) is 37.3 Å². The summed E-state index contributed by atoms with van der Waals surface area (Å²) in [5, 5.41) is 8.70. The van der Waals surface area contributed by atoms with Gasteiger partial charge >= 0.3 is 0 Å². The van der Waals surface area contributed by atoms with Gasteiger partial charge in [0.25, 0.3) is 5.97 Å². The molecule has 0 aliphatic rings. The zero-order valence-electron chi connectivity index (χ0n) is 7.56. The molecule has 76 valence electrons. The Morgan fingerprint density at radius 1 is 1.38 bits per heavy atom. The molecule has 0 saturated heterocycles. The summed E-state index contributed by atoms with van der Waals surface area (Å²) in [5.41, 5.74) is 1.33. The summed E-state index contributed by atoms with van der Waals surface area (Å²) >= 11 is 0. The number of aliphatic carboxylic acids is 1. The van der Waals surface area contributed by atoms with Crippen LogP contribution in [0.15, 0.2) is 24.3 Å². The Morgan fingerprint density at radius 3 is 2.00 bits per heavy atom. The van der Waals surface area contributed by atoms with Crippen molar-refractivity contribution in [2.75, 3.05) is 0 Å². The van der Waals surface area contributed by atoms with Gasteiger partial charge in [-0.05, 0) is 17.8 Å². The van der Waals surface area contributed by atoms with Gasteiger partial charge in [-0.2, -0.15) is 0 Å². The molecule has 1 aromatic carbocycles. The molecule has 2 nitrogen and oxygen atoms in total. The summed E-state index contributed by atoms with van der Waals surface area (Å²) in [6, 6.07) is 8.26. The van der Waals surface area contributed by atoms with E-state index in [0.717, 1.165) is 6.92 Å². The first-order chi connectivity index (χ1) is 5.54. The standard InChI is InChI=1S/C7H9P.C2H4O2.Pd/c1-6-4-2-3-5-7(6)8;1-2(3)4;/h2-5H,8H2,1H3;1H3,(H,3,4);. The van der Waals surface area contributed by atoms with Crippen LogP contribution in [0.5, 0.6) is 0 Å². The maximum atomic E-state index is 9.00. The van der Waals surface area contributed by atoms with Crippen LogP contribution < -0.4 is 5.30 Å². The fraction of sp³-hybridized carbons (Fsp3) is 0.222. The Bertz CT molecular complexity index is 239. The van der Waals surface area contributed by atoms with Gasteiger partial charge in [0, 0.05) is 27.3 Å². The molecule has 1 atom stereocenters. The second-order valence-electron chi connectivity index (χ2n) is 2.38. The molecule has 1 rings (SSSR count). The summed E-state index contributed by atoms with van der Waals surface area (Å²) < 4.78 is 0. The zero-order chi connectivity index (χ0) is 9.56. The van der Waals surface area contributed by atoms with E-state index < -0.39 is 5.97 Å². The van der Waals surface area contributed by atoms with E-state index in [9.17, 15) is 0 Å². The third-order valence-electron chi connectivity index (χ3n) is 1.19. The number of benzene rings is 1. The minimum Gasteiger partial charge on any atom is -0.481 e. The van der Waals surface area contributed by atoms with Gasteiger partial charge in [-0.1, -0.05) is 24.3 Å². The number of hydrogen-bond donors (Lipinski definition) is 1. The molecule has 1 unspecified atom stereocenters. The molecule has 0 radical (unpaired) electrons. The van der Waals surface area contributed by atoms with Gasteiger partial charge in [-0.15, -0.1) is 9.24 Å². The Hall–Kier alpha value is -0.218. The predicted octanol–water partition coefficient (Wildman–Crippen LogP) is 1.58. The van der Waals surface area contributed by atoms with E-state index in [2.05, 4.69) is 28.3 Å². The van der Waals surface area contributed by atoms with E-state index in [1.165, 1.54) is 10.9 Å². The number of carboxylic acids is 1. The average molecular weight is 291 g/mol. The summed E-state index contributed by atoms with van der Waals surface area (Å²) in [6.45, 7) is 3.18. The molecule has 1 N–H and O–H groups in total. The van der Waals surface area contributed by atoms with Crippen LogP contribution in [0.2, 0.25) is 0 Å². The first-order valence-electron chi connectivity index (χ1n) is 3.54. The van der Waals surface area contributed by atoms with E-state index in [4.69, 9.17) is 9.90 Å². The number of carboxylic acid groups (broad SMARTS) is 1. The molecule has 0 heterocycles. The van der Waals surface area contributed by atoms with Crippen LogP contribution in [-0.2, 0) is 25.2 Å². The van der Waals surface area contributed by atoms with Crippen molar-refractivity contribution in [1.82, 2.24) is 0 Å². The molecule has 0 bridgehead atoms. The summed E-state index contributed by atoms with van der Waals surface area (Å²) in [4.78, 5) is 9.00. The first kappa shape index (κ1) is 15.3. The molecule has 0 aromatic heterocycles. The predicted molar refractivity (Wildman–Crippen MR) is 53.8 cm³/mol. The largest absolute Gasteiger partial charge is 0.481 e. The maximum Gasteiger partial charge on any atom is 0.300 e. The summed E-state index contributed by atoms with van der Waals surface area (Å²) in [7, 11) is 2.69. The molecule has 4 heteroatoms. The third kappa shape index (κ3) is 9.70. The van der Waals surface area contributed by atoms with Gasteiger partial charge in [0.15, 0.2) is 0 Å². The summed E-state index contributed by atoms with van der Waals surface area (Å²) in [6.07, 6.45) is 0. The van der Waals surface area contributed by atoms with Crippen molar-refractivity contribution < 1.29 is 30.3 Å². The average Bonchev–Trinajstić information content (AvgIpc) is 1.94. The van der Waals surface area contributed by atoms with E-state index in [0.29, 0.717) is 0 Å². The van der Waals surface area contributed by atoms with Crippen LogP contribution in [-0.4, -0.2) is 11.1 Å². The van der Waals surface area contributed by atoms with Crippen molar-refractivity contribution >= 4 is 20.5 Å². The Labute approximate surface area is 94.6 Å². The molecule has 0 aliphatic heterocycles. The molecule has 13 heavy (non-hydrogen) atoms. The van der Waals surface area contributed by atoms with Gasteiger partial charge in [-0.3, -0.25) is 4.79 Å². The van der Waals surface area contributed by atoms with Crippen LogP contribution in [0.1, 0.15) is 12.5 Å². The van der Waals surface area contributed by atoms with Crippen LogP contribution >= 0.6 is 9.24 Å². The Kier molecular flexibility index (Phi) is 9.84. The van der Waals surface area contributed by atoms with Gasteiger partial charge < -0.3 is 5.11 Å². The first-order valence-corrected chi connectivity index (χ1v) is 4.12. The normalized spacial score (nSPS) is 7.62. The van der Waals surface area contributed by atoms with Crippen LogP contribution in [0.3, 0.4) is 0 Å². The van der Waals surface area contributed by atoms with E-state index in [-0.39, 0.29) is 20.4 Å². The minimum absolute atomic E-state index is 0. The number of carbonyl (C=O) groups is 1. The van der Waals surface area contributed by atoms with Crippen molar-refractivity contribution in [1.29, 1.82) is 0 Å². The van der Waals surface area contributed by atoms with Crippen molar-refractivity contribution in [2.45, 2.75) is 13.8 Å². The SMILES string of the molecule is CC(=O)O.Cc1ccccc1P.[Pd]. The quantitative estimate of drug-likeness (QED) is 0.582. The van der Waals surface area contributed by atoms with Crippen LogP contribution in [0.25, 0.3) is 0 Å². The van der Waals surface area contributed by atoms with E-state index >= 15 is 0 Å². The second kappa shape index (κ2) is 8.38. The van der Waals surface area contributed by atoms with Crippen LogP contribution in [0.4, 0.5) is 0 Å².